The predicted octanol–water partition coefficient (Wildman–Crippen LogP) is -5.15. The van der Waals surface area contributed by atoms with Gasteiger partial charge in [0.1, 0.15) is 67.4 Å². The van der Waals surface area contributed by atoms with Crippen LogP contribution in [-0.4, -0.2) is 139 Å². The molecule has 32 nitrogen and oxygen atoms in total. The predicted molar refractivity (Wildman–Crippen MR) is 323 cm³/mol. The van der Waals surface area contributed by atoms with E-state index in [1.165, 1.54) is 24.3 Å². The molecule has 6 aromatic carbocycles. The van der Waals surface area contributed by atoms with E-state index in [9.17, 15) is 77.8 Å². The van der Waals surface area contributed by atoms with E-state index < -0.39 is 123 Å². The quantitative estimate of drug-likeness (QED) is 0.0191. The van der Waals surface area contributed by atoms with Gasteiger partial charge in [0.2, 0.25) is 22.5 Å². The molecule has 0 atom stereocenters. The Morgan fingerprint density at radius 1 is 0.510 bits per heavy atom. The molecule has 0 fully saturated rings. The third kappa shape index (κ3) is 16.8. The number of fused-ring (bicyclic) bond motifs is 6. The van der Waals surface area contributed by atoms with Crippen molar-refractivity contribution >= 4 is 169 Å². The summed E-state index contributed by atoms with van der Waals surface area (Å²) in [5.74, 6) is -2.44. The summed E-state index contributed by atoms with van der Waals surface area (Å²) in [7, 11) is -31.3. The molecule has 0 radical (unpaired) electrons. The van der Waals surface area contributed by atoms with Gasteiger partial charge in [0.25, 0.3) is 10.1 Å². The Labute approximate surface area is 651 Å². The number of benzene rings is 7. The number of aromatic nitrogens is 7. The van der Waals surface area contributed by atoms with Gasteiger partial charge in [-0.05, 0) is 96.7 Å². The smallest absolute Gasteiger partial charge is 0.744 e. The van der Waals surface area contributed by atoms with E-state index in [1.54, 1.807) is 0 Å². The Morgan fingerprint density at radius 3 is 1.49 bits per heavy atom. The molecule has 2 aromatic heterocycles. The minimum Gasteiger partial charge on any atom is -0.744 e. The molecule has 0 spiro atoms. The van der Waals surface area contributed by atoms with E-state index in [2.05, 4.69) is 61.1 Å². The summed E-state index contributed by atoms with van der Waals surface area (Å²) in [5, 5.41) is 8.02. The van der Waals surface area contributed by atoms with Crippen molar-refractivity contribution in [2.24, 2.45) is 4.99 Å². The summed E-state index contributed by atoms with van der Waals surface area (Å²) in [6.07, 6.45) is 0.225. The molecule has 0 bridgehead atoms. The molecular formula is C50H32Cl4N12Na4O20S6. The molecule has 6 N–H and O–H groups in total. The second-order valence-corrected chi connectivity index (χ2v) is 28.9. The first kappa shape index (κ1) is 79.4. The van der Waals surface area contributed by atoms with Crippen LogP contribution in [0.1, 0.15) is 12.8 Å². The number of hydrogen-bond donors (Lipinski definition) is 6. The molecule has 3 aliphatic rings. The molecule has 8 aromatic rings. The van der Waals surface area contributed by atoms with E-state index >= 15 is 0 Å². The molecule has 0 amide bonds. The summed E-state index contributed by atoms with van der Waals surface area (Å²) in [4.78, 5) is 28.0. The maximum atomic E-state index is 13.1. The van der Waals surface area contributed by atoms with Crippen LogP contribution in [-0.2, 0) is 60.7 Å². The van der Waals surface area contributed by atoms with Crippen LogP contribution >= 0.6 is 46.4 Å². The third-order valence-corrected chi connectivity index (χ3v) is 19.8. The molecule has 0 saturated heterocycles. The zero-order valence-corrected chi connectivity index (χ0v) is 65.0. The Kier molecular flexibility index (Phi) is 25.1. The zero-order chi connectivity index (χ0) is 66.4. The first-order valence-electron chi connectivity index (χ1n) is 25.4. The van der Waals surface area contributed by atoms with Gasteiger partial charge in [0, 0.05) is 58.9 Å². The van der Waals surface area contributed by atoms with Crippen LogP contribution < -0.4 is 150 Å². The summed E-state index contributed by atoms with van der Waals surface area (Å²) >= 11 is 26.1. The number of nitrogens with one attached hydrogen (secondary N) is 4. The second kappa shape index (κ2) is 30.4. The minimum absolute atomic E-state index is 0. The molecule has 0 unspecified atom stereocenters. The summed E-state index contributed by atoms with van der Waals surface area (Å²) in [6.45, 7) is -0.212. The molecule has 1 aliphatic carbocycles. The fourth-order valence-corrected chi connectivity index (χ4v) is 14.8. The largest absolute Gasteiger partial charge is 1.00 e. The SMILES string of the molecule is O=S(=O)([O-])c1cc(-c2nc(Cl)nc(NCCCN=c3ccc4nc5c(Cl)c6c(c(Cl)c5oc-4c3S(=O)(=O)O)Nc3ccc(NCCCNc4nc(Cl)nc(-c5cc(S(=O)(=O)[O-])c7cccc(S(=O)(=O)[O-])c7c5)n4)c(S(=O)(=O)O)c3O6)n2)cc2c(S(=O)(=O)[O-])cccc12.[Na+].[Na+].[Na+].[Na+]. The number of hydrogen-bond acceptors (Lipinski definition) is 30. The average Bonchev–Trinajstić information content (AvgIpc) is 0.731. The molecule has 11 rings (SSSR count). The van der Waals surface area contributed by atoms with Gasteiger partial charge in [-0.2, -0.15) is 46.7 Å². The van der Waals surface area contributed by atoms with Crippen molar-refractivity contribution in [1.82, 2.24) is 34.9 Å². The van der Waals surface area contributed by atoms with Crippen molar-refractivity contribution in [3.8, 4) is 45.7 Å². The third-order valence-electron chi connectivity index (χ3n) is 13.4. The van der Waals surface area contributed by atoms with Crippen molar-refractivity contribution in [1.29, 1.82) is 0 Å². The fourth-order valence-electron chi connectivity index (χ4n) is 9.62. The Bertz CT molecular complexity index is 5630. The minimum atomic E-state index is -5.27. The Hall–Kier alpha value is -3.90. The van der Waals surface area contributed by atoms with Crippen LogP contribution in [0.3, 0.4) is 0 Å². The average molecular weight is 1550 g/mol. The van der Waals surface area contributed by atoms with Crippen LogP contribution in [0.4, 0.5) is 29.0 Å². The molecule has 96 heavy (non-hydrogen) atoms. The van der Waals surface area contributed by atoms with Crippen LogP contribution in [0.25, 0.3) is 66.9 Å². The summed E-state index contributed by atoms with van der Waals surface area (Å²) < 4.78 is 232. The molecule has 2 aliphatic heterocycles. The van der Waals surface area contributed by atoms with E-state index in [-0.39, 0.29) is 258 Å². The van der Waals surface area contributed by atoms with E-state index in [1.807, 2.05) is 0 Å². The number of nitrogens with zero attached hydrogens (tertiary/aromatic N) is 8. The van der Waals surface area contributed by atoms with E-state index in [0.717, 1.165) is 60.7 Å². The molecule has 4 heterocycles. The molecule has 0 saturated carbocycles. The van der Waals surface area contributed by atoms with Gasteiger partial charge in [-0.25, -0.2) is 38.7 Å². The fraction of sp³-hybridized carbons (Fsp3) is 0.120. The van der Waals surface area contributed by atoms with E-state index in [0.29, 0.717) is 0 Å². The first-order chi connectivity index (χ1) is 43.0. The van der Waals surface area contributed by atoms with Crippen molar-refractivity contribution in [3.05, 3.63) is 111 Å². The van der Waals surface area contributed by atoms with Gasteiger partial charge >= 0.3 is 128 Å². The molecular weight excluding hydrogens is 1510 g/mol. The zero-order valence-electron chi connectivity index (χ0n) is 49.1. The molecule has 480 valence electrons. The van der Waals surface area contributed by atoms with Gasteiger partial charge < -0.3 is 48.6 Å². The van der Waals surface area contributed by atoms with Gasteiger partial charge in [-0.15, -0.1) is 0 Å². The summed E-state index contributed by atoms with van der Waals surface area (Å²) in [5.41, 5.74) is -1.73. The maximum Gasteiger partial charge on any atom is 1.00 e. The van der Waals surface area contributed by atoms with Crippen LogP contribution in [0.15, 0.2) is 124 Å². The standard InChI is InChI=1S/C50H36Cl4N12O20S6.4Na/c51-35-38-42(86-40-28(60-38)10-12-30(44(40)92(82,83)84)56-14-4-16-58-50-64-46(62-48(54)66-50)22-18-26-24(34(20-22)90(76,77)78)6-2-8-32(26)88(70,71)72)36(52)37-41(35)85-39-27(59-37)9-11-29(43(39)91(79,80)81)55-13-3-15-57-49-63-45(61-47(53)65-49)21-17-25-23(33(19-21)89(73,74)75)5-1-7-31(25)87(67,68)69;;;;/h1-2,5-12,17-20,55,59H,3-4,13-16H2,(H,67,68,69)(H,70,71,72)(H,73,74,75)(H,76,77,78)(H,79,80,81)(H,82,83,84)(H,57,61,63,65)(H,58,62,64,66);;;;/q;4*+1/p-4. The number of rotatable bonds is 19. The van der Waals surface area contributed by atoms with E-state index in [4.69, 9.17) is 55.6 Å². The second-order valence-electron chi connectivity index (χ2n) is 19.3. The number of ether oxygens (including phenoxy) is 1. The van der Waals surface area contributed by atoms with Crippen molar-refractivity contribution < 1.29 is 205 Å². The van der Waals surface area contributed by atoms with Crippen molar-refractivity contribution in [2.45, 2.75) is 42.2 Å². The van der Waals surface area contributed by atoms with Gasteiger partial charge in [-0.1, -0.05) is 47.5 Å². The number of anilines is 5. The first-order valence-corrected chi connectivity index (χ1v) is 35.5. The number of halogens is 4. The van der Waals surface area contributed by atoms with Gasteiger partial charge in [0.05, 0.1) is 36.3 Å². The Morgan fingerprint density at radius 2 is 1.00 bits per heavy atom. The van der Waals surface area contributed by atoms with Gasteiger partial charge in [-0.3, -0.25) is 14.1 Å². The Balaban J connectivity index is 0.00000325. The molecule has 46 heteroatoms. The van der Waals surface area contributed by atoms with Crippen LogP contribution in [0.5, 0.6) is 11.5 Å². The van der Waals surface area contributed by atoms with Crippen LogP contribution in [0, 0.1) is 0 Å². The topological polar surface area (TPSA) is 511 Å². The maximum absolute atomic E-state index is 13.1. The monoisotopic (exact) mass is 1540 g/mol. The van der Waals surface area contributed by atoms with Gasteiger partial charge in [0.15, 0.2) is 44.3 Å². The van der Waals surface area contributed by atoms with Crippen molar-refractivity contribution in [2.75, 3.05) is 47.4 Å². The normalized spacial score (nSPS) is 12.7. The summed E-state index contributed by atoms with van der Waals surface area (Å²) in [6, 6.07) is 15.3. The van der Waals surface area contributed by atoms with Crippen LogP contribution in [0.2, 0.25) is 20.6 Å². The van der Waals surface area contributed by atoms with Crippen molar-refractivity contribution in [3.63, 3.8) is 0 Å².